The van der Waals surface area contributed by atoms with Crippen molar-refractivity contribution in [3.8, 4) is 11.4 Å². The van der Waals surface area contributed by atoms with Crippen LogP contribution in [0.25, 0.3) is 11.4 Å². The van der Waals surface area contributed by atoms with Gasteiger partial charge >= 0.3 is 0 Å². The Morgan fingerprint density at radius 3 is 3.07 bits per heavy atom. The van der Waals surface area contributed by atoms with Crippen LogP contribution in [0.3, 0.4) is 0 Å². The van der Waals surface area contributed by atoms with Crippen LogP contribution in [0.15, 0.2) is 35.3 Å². The molecule has 2 aromatic heterocycles. The van der Waals surface area contributed by atoms with Crippen LogP contribution in [0.2, 0.25) is 0 Å². The van der Waals surface area contributed by atoms with E-state index in [-0.39, 0.29) is 0 Å². The summed E-state index contributed by atoms with van der Waals surface area (Å²) in [6.07, 6.45) is 5.00. The number of nitrogens with one attached hydrogen (secondary N) is 1. The minimum absolute atomic E-state index is 0.700. The molecule has 0 amide bonds. The van der Waals surface area contributed by atoms with Gasteiger partial charge in [0.15, 0.2) is 5.82 Å². The third-order valence-electron chi connectivity index (χ3n) is 1.85. The predicted molar refractivity (Wildman–Crippen MR) is 52.5 cm³/mol. The van der Waals surface area contributed by atoms with Gasteiger partial charge in [0, 0.05) is 12.7 Å². The maximum absolute atomic E-state index is 4.97. The molecule has 0 aliphatic carbocycles. The Balaban J connectivity index is 2.31. The summed E-state index contributed by atoms with van der Waals surface area (Å²) in [5.41, 5.74) is 1.88. The quantitative estimate of drug-likeness (QED) is 0.794. The zero-order valence-corrected chi connectivity index (χ0v) is 7.90. The lowest BCUT2D eigenvalue weighted by atomic mass is 10.3. The van der Waals surface area contributed by atoms with Crippen LogP contribution >= 0.6 is 0 Å². The molecule has 4 heteroatoms. The Labute approximate surface area is 82.0 Å². The lowest BCUT2D eigenvalue weighted by Crippen LogP contribution is -2.07. The molecule has 0 saturated carbocycles. The zero-order valence-electron chi connectivity index (χ0n) is 7.90. The monoisotopic (exact) mass is 189 g/mol. The molecule has 0 bridgehead atoms. The minimum Gasteiger partial charge on any atom is -0.472 e. The second-order valence-corrected chi connectivity index (χ2v) is 2.91. The van der Waals surface area contributed by atoms with E-state index >= 15 is 0 Å². The average molecular weight is 189 g/mol. The van der Waals surface area contributed by atoms with Gasteiger partial charge in [-0.05, 0) is 19.2 Å². The molecular formula is C10H11N3O. The van der Waals surface area contributed by atoms with Gasteiger partial charge in [0.25, 0.3) is 0 Å². The Morgan fingerprint density at radius 2 is 2.36 bits per heavy atom. The number of hydrogen-bond donors (Lipinski definition) is 1. The van der Waals surface area contributed by atoms with Gasteiger partial charge in [-0.25, -0.2) is 9.97 Å². The van der Waals surface area contributed by atoms with Crippen molar-refractivity contribution in [1.82, 2.24) is 15.3 Å². The molecule has 0 unspecified atom stereocenters. The first kappa shape index (κ1) is 8.90. The molecule has 14 heavy (non-hydrogen) atoms. The summed E-state index contributed by atoms with van der Waals surface area (Å²) in [6.45, 7) is 0.743. The van der Waals surface area contributed by atoms with Crippen molar-refractivity contribution in [2.75, 3.05) is 7.05 Å². The fourth-order valence-electron chi connectivity index (χ4n) is 1.21. The highest BCUT2D eigenvalue weighted by molar-refractivity contribution is 5.52. The fourth-order valence-corrected chi connectivity index (χ4v) is 1.21. The molecule has 0 radical (unpaired) electrons. The lowest BCUT2D eigenvalue weighted by Gasteiger charge is -2.00. The maximum Gasteiger partial charge on any atom is 0.162 e. The number of furan rings is 1. The van der Waals surface area contributed by atoms with E-state index in [0.29, 0.717) is 5.82 Å². The van der Waals surface area contributed by atoms with Gasteiger partial charge in [0.2, 0.25) is 0 Å². The first-order chi connectivity index (χ1) is 6.90. The van der Waals surface area contributed by atoms with Crippen LogP contribution in [0.1, 0.15) is 5.69 Å². The van der Waals surface area contributed by atoms with Gasteiger partial charge in [0.05, 0.1) is 17.5 Å². The SMILES string of the molecule is CNCc1ccnc(-c2ccoc2)n1. The highest BCUT2D eigenvalue weighted by atomic mass is 16.3. The summed E-state index contributed by atoms with van der Waals surface area (Å²) in [4.78, 5) is 8.54. The number of rotatable bonds is 3. The molecule has 0 saturated heterocycles. The number of nitrogens with zero attached hydrogens (tertiary/aromatic N) is 2. The third kappa shape index (κ3) is 1.80. The molecule has 2 heterocycles. The van der Waals surface area contributed by atoms with Crippen LogP contribution in [-0.2, 0) is 6.54 Å². The zero-order chi connectivity index (χ0) is 9.80. The summed E-state index contributed by atoms with van der Waals surface area (Å²) >= 11 is 0. The van der Waals surface area contributed by atoms with Gasteiger partial charge in [-0.15, -0.1) is 0 Å². The molecule has 0 spiro atoms. The van der Waals surface area contributed by atoms with Crippen LogP contribution in [0.5, 0.6) is 0 Å². The van der Waals surface area contributed by atoms with E-state index in [1.807, 2.05) is 19.2 Å². The smallest absolute Gasteiger partial charge is 0.162 e. The van der Waals surface area contributed by atoms with Crippen molar-refractivity contribution in [3.05, 3.63) is 36.5 Å². The molecule has 1 N–H and O–H groups in total. The Bertz CT molecular complexity index is 398. The highest BCUT2D eigenvalue weighted by Gasteiger charge is 2.02. The molecule has 2 rings (SSSR count). The van der Waals surface area contributed by atoms with Crippen LogP contribution in [-0.4, -0.2) is 17.0 Å². The first-order valence-corrected chi connectivity index (χ1v) is 4.39. The molecule has 72 valence electrons. The van der Waals surface area contributed by atoms with Gasteiger partial charge in [-0.2, -0.15) is 0 Å². The first-order valence-electron chi connectivity index (χ1n) is 4.39. The fraction of sp³-hybridized carbons (Fsp3) is 0.200. The standard InChI is InChI=1S/C10H11N3O/c1-11-6-9-2-4-12-10(13-9)8-3-5-14-7-8/h2-5,7,11H,6H2,1H3. The van der Waals surface area contributed by atoms with Crippen molar-refractivity contribution >= 4 is 0 Å². The van der Waals surface area contributed by atoms with E-state index in [1.165, 1.54) is 0 Å². The Morgan fingerprint density at radius 1 is 1.43 bits per heavy atom. The predicted octanol–water partition coefficient (Wildman–Crippen LogP) is 1.46. The largest absolute Gasteiger partial charge is 0.472 e. The van der Waals surface area contributed by atoms with Crippen molar-refractivity contribution in [2.45, 2.75) is 6.54 Å². The second kappa shape index (κ2) is 4.02. The van der Waals surface area contributed by atoms with Crippen LogP contribution < -0.4 is 5.32 Å². The molecule has 0 aromatic carbocycles. The summed E-state index contributed by atoms with van der Waals surface area (Å²) in [5.74, 6) is 0.700. The topological polar surface area (TPSA) is 51.0 Å². The minimum atomic E-state index is 0.700. The summed E-state index contributed by atoms with van der Waals surface area (Å²) in [5, 5.41) is 3.04. The molecule has 0 aliphatic rings. The average Bonchev–Trinajstić information content (AvgIpc) is 2.71. The summed E-state index contributed by atoms with van der Waals surface area (Å²) < 4.78 is 4.97. The maximum atomic E-state index is 4.97. The molecule has 0 fully saturated rings. The van der Waals surface area contributed by atoms with Crippen molar-refractivity contribution in [3.63, 3.8) is 0 Å². The third-order valence-corrected chi connectivity index (χ3v) is 1.85. The number of hydrogen-bond acceptors (Lipinski definition) is 4. The van der Waals surface area contributed by atoms with Crippen molar-refractivity contribution < 1.29 is 4.42 Å². The Hall–Kier alpha value is -1.68. The van der Waals surface area contributed by atoms with Crippen molar-refractivity contribution in [1.29, 1.82) is 0 Å². The van der Waals surface area contributed by atoms with Gasteiger partial charge in [-0.1, -0.05) is 0 Å². The van der Waals surface area contributed by atoms with E-state index in [4.69, 9.17) is 4.42 Å². The summed E-state index contributed by atoms with van der Waals surface area (Å²) in [7, 11) is 1.89. The van der Waals surface area contributed by atoms with Gasteiger partial charge < -0.3 is 9.73 Å². The van der Waals surface area contributed by atoms with Crippen molar-refractivity contribution in [2.24, 2.45) is 0 Å². The normalized spacial score (nSPS) is 10.4. The van der Waals surface area contributed by atoms with E-state index in [9.17, 15) is 0 Å². The van der Waals surface area contributed by atoms with Gasteiger partial charge in [-0.3, -0.25) is 0 Å². The van der Waals surface area contributed by atoms with E-state index in [0.717, 1.165) is 17.8 Å². The van der Waals surface area contributed by atoms with E-state index < -0.39 is 0 Å². The second-order valence-electron chi connectivity index (χ2n) is 2.91. The molecule has 0 aliphatic heterocycles. The molecular weight excluding hydrogens is 178 g/mol. The summed E-state index contributed by atoms with van der Waals surface area (Å²) in [6, 6.07) is 3.73. The Kier molecular flexibility index (Phi) is 2.55. The van der Waals surface area contributed by atoms with Crippen LogP contribution in [0, 0.1) is 0 Å². The molecule has 0 atom stereocenters. The highest BCUT2D eigenvalue weighted by Crippen LogP contribution is 2.14. The molecule has 4 nitrogen and oxygen atoms in total. The van der Waals surface area contributed by atoms with Crippen LogP contribution in [0.4, 0.5) is 0 Å². The van der Waals surface area contributed by atoms with E-state index in [2.05, 4.69) is 15.3 Å². The molecule has 2 aromatic rings. The number of aromatic nitrogens is 2. The van der Waals surface area contributed by atoms with E-state index in [1.54, 1.807) is 18.7 Å². The lowest BCUT2D eigenvalue weighted by molar-refractivity contribution is 0.568. The van der Waals surface area contributed by atoms with Gasteiger partial charge in [0.1, 0.15) is 6.26 Å².